The first-order valence-corrected chi connectivity index (χ1v) is 4.09. The molecule has 1 heteroatoms. The van der Waals surface area contributed by atoms with Gasteiger partial charge in [0.05, 0.1) is 0 Å². The van der Waals surface area contributed by atoms with Crippen LogP contribution in [0.25, 0.3) is 0 Å². The Morgan fingerprint density at radius 2 is 2.44 bits per heavy atom. The smallest absolute Gasteiger partial charge is 0.0118 e. The maximum absolute atomic E-state index is 2.19. The van der Waals surface area contributed by atoms with Gasteiger partial charge in [0.25, 0.3) is 0 Å². The fourth-order valence-corrected chi connectivity index (χ4v) is 1.50. The first-order valence-electron chi connectivity index (χ1n) is 3.21. The molecule has 0 nitrogen and oxygen atoms in total. The van der Waals surface area contributed by atoms with Crippen LogP contribution >= 0.6 is 11.3 Å². The second-order valence-corrected chi connectivity index (χ2v) is 3.06. The summed E-state index contributed by atoms with van der Waals surface area (Å²) < 4.78 is 0. The van der Waals surface area contributed by atoms with E-state index in [2.05, 4.69) is 31.4 Å². The number of thiophene rings is 1. The molecule has 1 aromatic heterocycles. The highest BCUT2D eigenvalue weighted by atomic mass is 32.1. The van der Waals surface area contributed by atoms with E-state index in [1.807, 2.05) is 11.3 Å². The molecule has 0 aliphatic carbocycles. The van der Waals surface area contributed by atoms with Crippen molar-refractivity contribution in [3.05, 3.63) is 28.3 Å². The van der Waals surface area contributed by atoms with Crippen LogP contribution in [0.1, 0.15) is 25.1 Å². The van der Waals surface area contributed by atoms with E-state index in [0.717, 1.165) is 0 Å². The molecule has 49 valence electrons. The van der Waals surface area contributed by atoms with E-state index in [0.29, 0.717) is 0 Å². The fraction of sp³-hybridized carbons (Fsp3) is 0.375. The zero-order chi connectivity index (χ0) is 6.69. The third-order valence-corrected chi connectivity index (χ3v) is 2.50. The Morgan fingerprint density at radius 3 is 2.89 bits per heavy atom. The van der Waals surface area contributed by atoms with Crippen molar-refractivity contribution >= 4 is 11.3 Å². The molecule has 9 heavy (non-hydrogen) atoms. The van der Waals surface area contributed by atoms with Gasteiger partial charge in [-0.2, -0.15) is 0 Å². The summed E-state index contributed by atoms with van der Waals surface area (Å²) in [4.78, 5) is 1.43. The minimum absolute atomic E-state index is 1.17. The van der Waals surface area contributed by atoms with E-state index in [9.17, 15) is 0 Å². The van der Waals surface area contributed by atoms with Crippen molar-refractivity contribution in [3.8, 4) is 0 Å². The quantitative estimate of drug-likeness (QED) is 0.590. The fourth-order valence-electron chi connectivity index (χ4n) is 0.696. The molecule has 1 aromatic rings. The van der Waals surface area contributed by atoms with Gasteiger partial charge in [0.2, 0.25) is 0 Å². The lowest BCUT2D eigenvalue weighted by molar-refractivity contribution is 0.974. The average Bonchev–Trinajstić information content (AvgIpc) is 2.37. The molecule has 1 heterocycles. The first kappa shape index (κ1) is 6.81. The summed E-state index contributed by atoms with van der Waals surface area (Å²) in [5, 5.41) is 2.12. The Kier molecular flexibility index (Phi) is 2.29. The van der Waals surface area contributed by atoms with Gasteiger partial charge < -0.3 is 0 Å². The molecule has 0 saturated carbocycles. The van der Waals surface area contributed by atoms with Crippen LogP contribution in [0.2, 0.25) is 0 Å². The largest absolute Gasteiger partial charge is 0.148 e. The van der Waals surface area contributed by atoms with Crippen molar-refractivity contribution in [2.45, 2.75) is 20.3 Å². The Hall–Kier alpha value is -0.300. The summed E-state index contributed by atoms with van der Waals surface area (Å²) in [6, 6.07) is 4.27. The van der Waals surface area contributed by atoms with Crippen molar-refractivity contribution in [1.82, 2.24) is 0 Å². The average molecular weight is 139 g/mol. The summed E-state index contributed by atoms with van der Waals surface area (Å²) in [5.74, 6) is 1.49. The summed E-state index contributed by atoms with van der Waals surface area (Å²) in [6.07, 6.45) is 1.17. The monoisotopic (exact) mass is 139 g/mol. The molecule has 0 amide bonds. The van der Waals surface area contributed by atoms with Gasteiger partial charge in [0.15, 0.2) is 0 Å². The summed E-state index contributed by atoms with van der Waals surface area (Å²) in [6.45, 7) is 4.38. The summed E-state index contributed by atoms with van der Waals surface area (Å²) >= 11 is 1.82. The van der Waals surface area contributed by atoms with Crippen molar-refractivity contribution in [3.63, 3.8) is 0 Å². The molecule has 0 fully saturated rings. The topological polar surface area (TPSA) is 0 Å². The van der Waals surface area contributed by atoms with Crippen LogP contribution in [0.5, 0.6) is 0 Å². The molecule has 0 bridgehead atoms. The number of rotatable bonds is 2. The maximum atomic E-state index is 2.19. The number of hydrogen-bond donors (Lipinski definition) is 0. The van der Waals surface area contributed by atoms with E-state index in [1.54, 1.807) is 0 Å². The molecular formula is C8H11S. The Morgan fingerprint density at radius 1 is 1.67 bits per heavy atom. The second kappa shape index (κ2) is 3.02. The lowest BCUT2D eigenvalue weighted by Gasteiger charge is -2.01. The van der Waals surface area contributed by atoms with E-state index < -0.39 is 0 Å². The number of hydrogen-bond acceptors (Lipinski definition) is 1. The van der Waals surface area contributed by atoms with Crippen LogP contribution in [-0.2, 0) is 0 Å². The third-order valence-electron chi connectivity index (χ3n) is 1.47. The third kappa shape index (κ3) is 1.55. The Bertz CT molecular complexity index is 153. The van der Waals surface area contributed by atoms with Crippen molar-refractivity contribution < 1.29 is 0 Å². The van der Waals surface area contributed by atoms with Gasteiger partial charge in [-0.05, 0) is 17.9 Å². The molecule has 0 N–H and O–H groups in total. The van der Waals surface area contributed by atoms with E-state index in [4.69, 9.17) is 0 Å². The van der Waals surface area contributed by atoms with E-state index in [-0.39, 0.29) is 0 Å². The molecule has 0 unspecified atom stereocenters. The van der Waals surface area contributed by atoms with Crippen LogP contribution in [0.15, 0.2) is 17.5 Å². The predicted molar refractivity (Wildman–Crippen MR) is 42.6 cm³/mol. The predicted octanol–water partition coefficient (Wildman–Crippen LogP) is 3.10. The maximum Gasteiger partial charge on any atom is 0.0118 e. The lowest BCUT2D eigenvalue weighted by atomic mass is 10.1. The van der Waals surface area contributed by atoms with Crippen molar-refractivity contribution in [2.24, 2.45) is 0 Å². The first-order chi connectivity index (χ1) is 4.34. The lowest BCUT2D eigenvalue weighted by Crippen LogP contribution is -1.85. The Labute approximate surface area is 60.5 Å². The van der Waals surface area contributed by atoms with Gasteiger partial charge in [-0.15, -0.1) is 11.3 Å². The summed E-state index contributed by atoms with van der Waals surface area (Å²) in [7, 11) is 0. The van der Waals surface area contributed by atoms with Crippen LogP contribution in [0, 0.1) is 5.92 Å². The molecule has 0 aliphatic heterocycles. The minimum Gasteiger partial charge on any atom is -0.148 e. The molecule has 1 rings (SSSR count). The standard InChI is InChI=1S/C8H11S/c1-3-7(2)8-5-4-6-9-8/h4-6H,3H2,1-2H3. The molecule has 1 radical (unpaired) electrons. The minimum atomic E-state index is 1.17. The Balaban J connectivity index is 2.65. The highest BCUT2D eigenvalue weighted by Crippen LogP contribution is 2.21. The van der Waals surface area contributed by atoms with Crippen molar-refractivity contribution in [2.75, 3.05) is 0 Å². The van der Waals surface area contributed by atoms with Gasteiger partial charge >= 0.3 is 0 Å². The van der Waals surface area contributed by atoms with E-state index in [1.165, 1.54) is 17.2 Å². The highest BCUT2D eigenvalue weighted by molar-refractivity contribution is 7.10. The molecular weight excluding hydrogens is 128 g/mol. The zero-order valence-corrected chi connectivity index (χ0v) is 6.66. The molecule has 0 aliphatic rings. The van der Waals surface area contributed by atoms with E-state index >= 15 is 0 Å². The van der Waals surface area contributed by atoms with Crippen LogP contribution in [0.3, 0.4) is 0 Å². The van der Waals surface area contributed by atoms with Gasteiger partial charge in [-0.1, -0.05) is 19.9 Å². The second-order valence-electron chi connectivity index (χ2n) is 2.11. The highest BCUT2D eigenvalue weighted by Gasteiger charge is 2.01. The van der Waals surface area contributed by atoms with Gasteiger partial charge in [-0.25, -0.2) is 0 Å². The zero-order valence-electron chi connectivity index (χ0n) is 5.85. The molecule has 0 saturated heterocycles. The molecule has 0 atom stereocenters. The van der Waals surface area contributed by atoms with Gasteiger partial charge in [0.1, 0.15) is 0 Å². The summed E-state index contributed by atoms with van der Waals surface area (Å²) in [5.41, 5.74) is 0. The van der Waals surface area contributed by atoms with Crippen LogP contribution in [0.4, 0.5) is 0 Å². The van der Waals surface area contributed by atoms with Crippen LogP contribution in [-0.4, -0.2) is 0 Å². The molecule has 0 aromatic carbocycles. The molecule has 0 spiro atoms. The SMILES string of the molecule is CC[C](C)c1cccs1. The van der Waals surface area contributed by atoms with Gasteiger partial charge in [0, 0.05) is 10.8 Å². The van der Waals surface area contributed by atoms with Crippen LogP contribution < -0.4 is 0 Å². The van der Waals surface area contributed by atoms with Crippen molar-refractivity contribution in [1.29, 1.82) is 0 Å². The normalized spacial score (nSPS) is 10.6. The van der Waals surface area contributed by atoms with Gasteiger partial charge in [-0.3, -0.25) is 0 Å².